The summed E-state index contributed by atoms with van der Waals surface area (Å²) in [7, 11) is -3.37. The largest absolute Gasteiger partial charge is 0.481 e. The van der Waals surface area contributed by atoms with Gasteiger partial charge in [-0.2, -0.15) is 0 Å². The molecule has 0 aliphatic rings. The van der Waals surface area contributed by atoms with Crippen molar-refractivity contribution in [1.29, 1.82) is 0 Å². The summed E-state index contributed by atoms with van der Waals surface area (Å²) in [5, 5.41) is 13.6. The lowest BCUT2D eigenvalue weighted by Gasteiger charge is -2.25. The third-order valence-corrected chi connectivity index (χ3v) is 6.46. The van der Waals surface area contributed by atoms with Crippen molar-refractivity contribution in [1.82, 2.24) is 5.32 Å². The number of amides is 1. The molecule has 2 rings (SSSR count). The number of carbonyl (C=O) groups is 2. The zero-order chi connectivity index (χ0) is 18.0. The molecule has 1 amide bonds. The van der Waals surface area contributed by atoms with Crippen LogP contribution in [0.25, 0.3) is 0 Å². The van der Waals surface area contributed by atoms with Crippen molar-refractivity contribution in [3.8, 4) is 0 Å². The van der Waals surface area contributed by atoms with Crippen LogP contribution in [0.3, 0.4) is 0 Å². The molecular formula is C16H17NO5S2. The molecule has 1 unspecified atom stereocenters. The van der Waals surface area contributed by atoms with E-state index in [0.717, 1.165) is 17.6 Å². The lowest BCUT2D eigenvalue weighted by Crippen LogP contribution is -2.44. The number of benzene rings is 1. The van der Waals surface area contributed by atoms with Gasteiger partial charge in [-0.25, -0.2) is 8.42 Å². The van der Waals surface area contributed by atoms with E-state index in [9.17, 15) is 23.1 Å². The summed E-state index contributed by atoms with van der Waals surface area (Å²) >= 11 is 0.956. The third kappa shape index (κ3) is 3.82. The molecule has 2 aromatic rings. The van der Waals surface area contributed by atoms with Crippen LogP contribution in [0.4, 0.5) is 0 Å². The first kappa shape index (κ1) is 18.2. The smallest absolute Gasteiger partial charge is 0.315 e. The number of hydrogen-bond acceptors (Lipinski definition) is 5. The van der Waals surface area contributed by atoms with Crippen LogP contribution < -0.4 is 5.32 Å². The quantitative estimate of drug-likeness (QED) is 0.812. The van der Waals surface area contributed by atoms with Crippen LogP contribution in [-0.4, -0.2) is 38.2 Å². The Kier molecular flexibility index (Phi) is 5.10. The van der Waals surface area contributed by atoms with E-state index in [0.29, 0.717) is 5.56 Å². The third-order valence-electron chi connectivity index (χ3n) is 3.69. The van der Waals surface area contributed by atoms with Crippen molar-refractivity contribution in [3.63, 3.8) is 0 Å². The normalized spacial score (nSPS) is 13.9. The van der Waals surface area contributed by atoms with E-state index in [1.807, 2.05) is 0 Å². The van der Waals surface area contributed by atoms with Crippen molar-refractivity contribution in [2.24, 2.45) is 0 Å². The van der Waals surface area contributed by atoms with Crippen molar-refractivity contribution < 1.29 is 23.1 Å². The first-order valence-electron chi connectivity index (χ1n) is 7.00. The fraction of sp³-hybridized carbons (Fsp3) is 0.250. The molecule has 1 atom stereocenters. The number of hydrogen-bond donors (Lipinski definition) is 2. The van der Waals surface area contributed by atoms with Crippen molar-refractivity contribution in [2.45, 2.75) is 16.5 Å². The topological polar surface area (TPSA) is 101 Å². The number of aliphatic carboxylic acids is 1. The molecule has 0 saturated heterocycles. The van der Waals surface area contributed by atoms with Gasteiger partial charge in [-0.3, -0.25) is 9.59 Å². The molecule has 128 valence electrons. The highest BCUT2D eigenvalue weighted by atomic mass is 32.2. The van der Waals surface area contributed by atoms with Crippen LogP contribution in [0.5, 0.6) is 0 Å². The van der Waals surface area contributed by atoms with E-state index >= 15 is 0 Å². The van der Waals surface area contributed by atoms with Gasteiger partial charge in [0, 0.05) is 18.2 Å². The van der Waals surface area contributed by atoms with Gasteiger partial charge in [-0.05, 0) is 18.6 Å². The minimum absolute atomic E-state index is 0.0942. The predicted molar refractivity (Wildman–Crippen MR) is 91.2 cm³/mol. The van der Waals surface area contributed by atoms with Gasteiger partial charge in [0.25, 0.3) is 5.91 Å². The highest BCUT2D eigenvalue weighted by Crippen LogP contribution is 2.24. The lowest BCUT2D eigenvalue weighted by atomic mass is 9.82. The Hall–Kier alpha value is -2.19. The van der Waals surface area contributed by atoms with Gasteiger partial charge in [0.1, 0.15) is 9.62 Å². The van der Waals surface area contributed by atoms with Crippen molar-refractivity contribution >= 4 is 33.1 Å². The number of thiophene rings is 1. The van der Waals surface area contributed by atoms with Crippen LogP contribution in [0, 0.1) is 0 Å². The highest BCUT2D eigenvalue weighted by molar-refractivity contribution is 7.92. The zero-order valence-corrected chi connectivity index (χ0v) is 14.8. The average molecular weight is 367 g/mol. The molecule has 0 fully saturated rings. The van der Waals surface area contributed by atoms with Crippen LogP contribution in [0.15, 0.2) is 46.0 Å². The minimum atomic E-state index is -3.37. The minimum Gasteiger partial charge on any atom is -0.481 e. The zero-order valence-electron chi connectivity index (χ0n) is 13.1. The van der Waals surface area contributed by atoms with Gasteiger partial charge < -0.3 is 10.4 Å². The molecule has 0 saturated carbocycles. The van der Waals surface area contributed by atoms with Gasteiger partial charge >= 0.3 is 5.97 Å². The second kappa shape index (κ2) is 6.74. The van der Waals surface area contributed by atoms with Crippen LogP contribution in [-0.2, 0) is 20.0 Å². The maximum Gasteiger partial charge on any atom is 0.315 e. The molecule has 0 aliphatic carbocycles. The van der Waals surface area contributed by atoms with E-state index in [4.69, 9.17) is 0 Å². The summed E-state index contributed by atoms with van der Waals surface area (Å²) in [5.41, 5.74) is -0.520. The highest BCUT2D eigenvalue weighted by Gasteiger charge is 2.35. The Balaban J connectivity index is 2.17. The van der Waals surface area contributed by atoms with Gasteiger partial charge in [0.2, 0.25) is 0 Å². The average Bonchev–Trinajstić information content (AvgIpc) is 3.03. The van der Waals surface area contributed by atoms with Gasteiger partial charge in [0.05, 0.1) is 5.56 Å². The van der Waals surface area contributed by atoms with E-state index in [1.165, 1.54) is 18.4 Å². The Labute approximate surface area is 144 Å². The van der Waals surface area contributed by atoms with E-state index in [1.54, 1.807) is 30.3 Å². The summed E-state index contributed by atoms with van der Waals surface area (Å²) in [4.78, 5) is 23.9. The number of carboxylic acid groups (broad SMARTS) is 1. The lowest BCUT2D eigenvalue weighted by molar-refractivity contribution is -0.142. The summed E-state index contributed by atoms with van der Waals surface area (Å²) in [6, 6.07) is 9.91. The maximum absolute atomic E-state index is 12.2. The number of nitrogens with one attached hydrogen (secondary N) is 1. The molecule has 0 bridgehead atoms. The molecular weight excluding hydrogens is 350 g/mol. The maximum atomic E-state index is 12.2. The van der Waals surface area contributed by atoms with Gasteiger partial charge in [0.15, 0.2) is 9.84 Å². The first-order valence-corrected chi connectivity index (χ1v) is 9.77. The fourth-order valence-corrected chi connectivity index (χ4v) is 3.89. The monoisotopic (exact) mass is 367 g/mol. The summed E-state index contributed by atoms with van der Waals surface area (Å²) in [6.45, 7) is 1.41. The molecule has 1 heterocycles. The second-order valence-corrected chi connectivity index (χ2v) is 8.77. The summed E-state index contributed by atoms with van der Waals surface area (Å²) < 4.78 is 23.0. The molecule has 0 spiro atoms. The second-order valence-electron chi connectivity index (χ2n) is 5.61. The van der Waals surface area contributed by atoms with Crippen LogP contribution in [0.1, 0.15) is 22.8 Å². The fourth-order valence-electron chi connectivity index (χ4n) is 2.10. The van der Waals surface area contributed by atoms with Crippen LogP contribution in [0.2, 0.25) is 0 Å². The van der Waals surface area contributed by atoms with Gasteiger partial charge in [-0.15, -0.1) is 11.3 Å². The summed E-state index contributed by atoms with van der Waals surface area (Å²) in [5.74, 6) is -1.57. The molecule has 24 heavy (non-hydrogen) atoms. The molecule has 1 aromatic heterocycles. The van der Waals surface area contributed by atoms with Crippen molar-refractivity contribution in [2.75, 3.05) is 12.8 Å². The molecule has 0 aliphatic heterocycles. The number of carboxylic acids is 1. The predicted octanol–water partition coefficient (Wildman–Crippen LogP) is 1.92. The van der Waals surface area contributed by atoms with Crippen molar-refractivity contribution in [3.05, 3.63) is 52.9 Å². The standard InChI is InChI=1S/C16H17NO5S2/c1-16(15(19)20,12-6-4-3-5-7-12)10-17-14(18)11-8-13(23-9-11)24(2,21)22/h3-9H,10H2,1-2H3,(H,17,18)(H,19,20). The van der Waals surface area contributed by atoms with E-state index in [2.05, 4.69) is 5.32 Å². The Morgan fingerprint density at radius 3 is 2.38 bits per heavy atom. The summed E-state index contributed by atoms with van der Waals surface area (Å²) in [6.07, 6.45) is 1.07. The molecule has 1 aromatic carbocycles. The SMILES string of the molecule is CC(CNC(=O)c1csc(S(C)(=O)=O)c1)(C(=O)O)c1ccccc1. The number of rotatable bonds is 6. The number of sulfone groups is 1. The van der Waals surface area contributed by atoms with Gasteiger partial charge in [-0.1, -0.05) is 30.3 Å². The first-order chi connectivity index (χ1) is 11.1. The van der Waals surface area contributed by atoms with E-state index in [-0.39, 0.29) is 16.3 Å². The molecule has 8 heteroatoms. The Morgan fingerprint density at radius 2 is 1.88 bits per heavy atom. The Morgan fingerprint density at radius 1 is 1.25 bits per heavy atom. The number of carbonyl (C=O) groups excluding carboxylic acids is 1. The van der Waals surface area contributed by atoms with E-state index < -0.39 is 27.1 Å². The molecule has 0 radical (unpaired) electrons. The molecule has 6 nitrogen and oxygen atoms in total. The molecule has 2 N–H and O–H groups in total. The van der Waals surface area contributed by atoms with Crippen LogP contribution >= 0.6 is 11.3 Å². The Bertz CT molecular complexity index is 858.